The summed E-state index contributed by atoms with van der Waals surface area (Å²) in [5.74, 6) is 0.000985. The largest absolute Gasteiger partial charge is 0.504 e. The van der Waals surface area contributed by atoms with Gasteiger partial charge in [-0.25, -0.2) is 8.42 Å². The van der Waals surface area contributed by atoms with Gasteiger partial charge in [0.25, 0.3) is 5.69 Å². The molecule has 10 nitrogen and oxygen atoms in total. The third-order valence-electron chi connectivity index (χ3n) is 4.84. The van der Waals surface area contributed by atoms with Crippen LogP contribution >= 0.6 is 0 Å². The SMILES string of the molecule is COc1cc(/C=C/C(=O)N2CCN(S(=O)(=O)c3cccc([N+](=O)[O-])c3)CC2)ccc1O. The number of phenols is 1. The molecule has 0 aromatic heterocycles. The molecule has 0 atom stereocenters. The van der Waals surface area contributed by atoms with Gasteiger partial charge in [0.2, 0.25) is 15.9 Å². The number of ether oxygens (including phenoxy) is 1. The Labute approximate surface area is 179 Å². The van der Waals surface area contributed by atoms with Crippen molar-refractivity contribution in [3.63, 3.8) is 0 Å². The fourth-order valence-electron chi connectivity index (χ4n) is 3.13. The van der Waals surface area contributed by atoms with Crippen LogP contribution in [-0.4, -0.2) is 66.8 Å². The Balaban J connectivity index is 1.64. The van der Waals surface area contributed by atoms with Crippen molar-refractivity contribution >= 4 is 27.7 Å². The number of carbonyl (C=O) groups excluding carboxylic acids is 1. The zero-order chi connectivity index (χ0) is 22.6. The van der Waals surface area contributed by atoms with Gasteiger partial charge >= 0.3 is 0 Å². The number of hydrogen-bond donors (Lipinski definition) is 1. The monoisotopic (exact) mass is 447 g/mol. The summed E-state index contributed by atoms with van der Waals surface area (Å²) < 4.78 is 31.8. The highest BCUT2D eigenvalue weighted by molar-refractivity contribution is 7.89. The number of sulfonamides is 1. The number of nitro benzene ring substituents is 1. The van der Waals surface area contributed by atoms with Crippen LogP contribution in [0.2, 0.25) is 0 Å². The highest BCUT2D eigenvalue weighted by atomic mass is 32.2. The van der Waals surface area contributed by atoms with E-state index in [0.29, 0.717) is 5.56 Å². The lowest BCUT2D eigenvalue weighted by atomic mass is 10.2. The minimum Gasteiger partial charge on any atom is -0.504 e. The molecule has 1 amide bonds. The van der Waals surface area contributed by atoms with Crippen molar-refractivity contribution in [2.24, 2.45) is 0 Å². The van der Waals surface area contributed by atoms with E-state index in [-0.39, 0.29) is 54.2 Å². The number of non-ortho nitro benzene ring substituents is 1. The van der Waals surface area contributed by atoms with Crippen molar-refractivity contribution in [2.75, 3.05) is 33.3 Å². The van der Waals surface area contributed by atoms with Crippen LogP contribution in [0, 0.1) is 10.1 Å². The molecule has 1 aliphatic heterocycles. The molecule has 2 aromatic rings. The number of benzene rings is 2. The number of phenolic OH excluding ortho intramolecular Hbond substituents is 1. The number of aromatic hydroxyl groups is 1. The van der Waals surface area contributed by atoms with Gasteiger partial charge in [0.05, 0.1) is 16.9 Å². The number of amides is 1. The van der Waals surface area contributed by atoms with Crippen LogP contribution in [0.5, 0.6) is 11.5 Å². The molecule has 31 heavy (non-hydrogen) atoms. The number of nitro groups is 1. The maximum absolute atomic E-state index is 12.8. The van der Waals surface area contributed by atoms with Gasteiger partial charge in [-0.1, -0.05) is 12.1 Å². The summed E-state index contributed by atoms with van der Waals surface area (Å²) >= 11 is 0. The van der Waals surface area contributed by atoms with Crippen molar-refractivity contribution in [3.8, 4) is 11.5 Å². The number of carbonyl (C=O) groups is 1. The van der Waals surface area contributed by atoms with Crippen molar-refractivity contribution in [3.05, 3.63) is 64.2 Å². The number of piperazine rings is 1. The molecule has 2 aromatic carbocycles. The Morgan fingerprint density at radius 2 is 1.87 bits per heavy atom. The molecular weight excluding hydrogens is 426 g/mol. The Kier molecular flexibility index (Phi) is 6.56. The van der Waals surface area contributed by atoms with E-state index in [1.807, 2.05) is 0 Å². The predicted molar refractivity (Wildman–Crippen MR) is 112 cm³/mol. The molecule has 0 bridgehead atoms. The van der Waals surface area contributed by atoms with Crippen LogP contribution in [0.4, 0.5) is 5.69 Å². The van der Waals surface area contributed by atoms with Crippen LogP contribution in [0.15, 0.2) is 53.4 Å². The van der Waals surface area contributed by atoms with Crippen molar-refractivity contribution < 1.29 is 28.0 Å². The van der Waals surface area contributed by atoms with Gasteiger partial charge in [0.1, 0.15) is 0 Å². The Morgan fingerprint density at radius 3 is 2.52 bits per heavy atom. The zero-order valence-electron chi connectivity index (χ0n) is 16.7. The van der Waals surface area contributed by atoms with E-state index in [2.05, 4.69) is 0 Å². The molecule has 1 N–H and O–H groups in total. The van der Waals surface area contributed by atoms with Crippen LogP contribution in [-0.2, 0) is 14.8 Å². The number of rotatable bonds is 6. The summed E-state index contributed by atoms with van der Waals surface area (Å²) in [7, 11) is -2.47. The van der Waals surface area contributed by atoms with Crippen molar-refractivity contribution in [1.82, 2.24) is 9.21 Å². The fourth-order valence-corrected chi connectivity index (χ4v) is 4.59. The summed E-state index contributed by atoms with van der Waals surface area (Å²) in [6, 6.07) is 9.57. The van der Waals surface area contributed by atoms with E-state index in [1.165, 1.54) is 46.7 Å². The van der Waals surface area contributed by atoms with Gasteiger partial charge in [0, 0.05) is 44.4 Å². The number of hydrogen-bond acceptors (Lipinski definition) is 7. The summed E-state index contributed by atoms with van der Waals surface area (Å²) in [5.41, 5.74) is 0.362. The first-order valence-electron chi connectivity index (χ1n) is 9.31. The zero-order valence-corrected chi connectivity index (χ0v) is 17.5. The maximum Gasteiger partial charge on any atom is 0.270 e. The minimum atomic E-state index is -3.90. The van der Waals surface area contributed by atoms with E-state index in [4.69, 9.17) is 4.74 Å². The van der Waals surface area contributed by atoms with Gasteiger partial charge in [-0.3, -0.25) is 14.9 Å². The van der Waals surface area contributed by atoms with Gasteiger partial charge in [-0.05, 0) is 29.8 Å². The van der Waals surface area contributed by atoms with E-state index < -0.39 is 14.9 Å². The highest BCUT2D eigenvalue weighted by Crippen LogP contribution is 2.27. The minimum absolute atomic E-state index is 0.00736. The van der Waals surface area contributed by atoms with E-state index in [1.54, 1.807) is 18.2 Å². The molecule has 0 unspecified atom stereocenters. The molecule has 1 aliphatic rings. The van der Waals surface area contributed by atoms with Gasteiger partial charge in [0.15, 0.2) is 11.5 Å². The molecule has 164 valence electrons. The second kappa shape index (κ2) is 9.14. The molecule has 0 radical (unpaired) electrons. The third kappa shape index (κ3) is 5.01. The average molecular weight is 447 g/mol. The summed E-state index contributed by atoms with van der Waals surface area (Å²) in [5, 5.41) is 20.5. The normalized spacial score (nSPS) is 15.2. The molecule has 0 spiro atoms. The van der Waals surface area contributed by atoms with Crippen LogP contribution in [0.25, 0.3) is 6.08 Å². The van der Waals surface area contributed by atoms with Crippen LogP contribution in [0.1, 0.15) is 5.56 Å². The maximum atomic E-state index is 12.8. The Hall–Kier alpha value is -3.44. The van der Waals surface area contributed by atoms with Gasteiger partial charge < -0.3 is 14.7 Å². The molecule has 1 saturated heterocycles. The topological polar surface area (TPSA) is 130 Å². The highest BCUT2D eigenvalue weighted by Gasteiger charge is 2.30. The standard InChI is InChI=1S/C20H21N3O7S/c1-30-19-13-15(5-7-18(19)24)6-8-20(25)21-9-11-22(12-10-21)31(28,29)17-4-2-3-16(14-17)23(26)27/h2-8,13-14,24H,9-12H2,1H3/b8-6+. The average Bonchev–Trinajstić information content (AvgIpc) is 2.78. The molecule has 1 fully saturated rings. The Morgan fingerprint density at radius 1 is 1.16 bits per heavy atom. The number of methoxy groups -OCH3 is 1. The number of nitrogens with zero attached hydrogens (tertiary/aromatic N) is 3. The van der Waals surface area contributed by atoms with Gasteiger partial charge in [-0.2, -0.15) is 4.31 Å². The molecule has 3 rings (SSSR count). The predicted octanol–water partition coefficient (Wildman–Crippen LogP) is 1.86. The van der Waals surface area contributed by atoms with Crippen LogP contribution in [0.3, 0.4) is 0 Å². The van der Waals surface area contributed by atoms with Crippen molar-refractivity contribution in [1.29, 1.82) is 0 Å². The molecule has 0 saturated carbocycles. The summed E-state index contributed by atoms with van der Waals surface area (Å²) in [4.78, 5) is 24.1. The quantitative estimate of drug-likeness (QED) is 0.406. The molecule has 0 aliphatic carbocycles. The van der Waals surface area contributed by atoms with Gasteiger partial charge in [-0.15, -0.1) is 0 Å². The molecular formula is C20H21N3O7S. The fraction of sp³-hybridized carbons (Fsp3) is 0.250. The second-order valence-corrected chi connectivity index (χ2v) is 8.69. The Bertz CT molecular complexity index is 1120. The second-order valence-electron chi connectivity index (χ2n) is 6.75. The van der Waals surface area contributed by atoms with Crippen LogP contribution < -0.4 is 4.74 Å². The lowest BCUT2D eigenvalue weighted by Gasteiger charge is -2.33. The lowest BCUT2D eigenvalue weighted by molar-refractivity contribution is -0.385. The smallest absolute Gasteiger partial charge is 0.270 e. The lowest BCUT2D eigenvalue weighted by Crippen LogP contribution is -2.50. The first kappa shape index (κ1) is 22.2. The first-order chi connectivity index (χ1) is 14.7. The molecule has 11 heteroatoms. The molecule has 1 heterocycles. The third-order valence-corrected chi connectivity index (χ3v) is 6.73. The summed E-state index contributed by atoms with van der Waals surface area (Å²) in [6.45, 7) is 0.543. The van der Waals surface area contributed by atoms with E-state index >= 15 is 0 Å². The van der Waals surface area contributed by atoms with E-state index in [0.717, 1.165) is 6.07 Å². The van der Waals surface area contributed by atoms with Crippen molar-refractivity contribution in [2.45, 2.75) is 4.90 Å². The first-order valence-corrected chi connectivity index (χ1v) is 10.7. The van der Waals surface area contributed by atoms with E-state index in [9.17, 15) is 28.4 Å². The summed E-state index contributed by atoms with van der Waals surface area (Å²) in [6.07, 6.45) is 2.95.